The van der Waals surface area contributed by atoms with Crippen molar-refractivity contribution in [2.75, 3.05) is 0 Å². The Labute approximate surface area is 176 Å². The number of hydrogen-bond donors (Lipinski definition) is 0. The zero-order chi connectivity index (χ0) is 20.9. The number of amidine groups is 1. The van der Waals surface area contributed by atoms with Crippen LogP contribution in [-0.4, -0.2) is 12.6 Å². The van der Waals surface area contributed by atoms with Crippen molar-refractivity contribution in [3.63, 3.8) is 0 Å². The van der Waals surface area contributed by atoms with Gasteiger partial charge in [0, 0.05) is 5.56 Å². The largest absolute Gasteiger partial charge is 0.245 e. The molecule has 2 aromatic rings. The third-order valence-electron chi connectivity index (χ3n) is 4.36. The zero-order valence-corrected chi connectivity index (χ0v) is 17.9. The lowest BCUT2D eigenvalue weighted by atomic mass is 10.0. The van der Waals surface area contributed by atoms with Gasteiger partial charge in [-0.05, 0) is 44.0 Å². The van der Waals surface area contributed by atoms with E-state index in [1.165, 1.54) is 17.6 Å². The van der Waals surface area contributed by atoms with E-state index in [0.29, 0.717) is 5.84 Å². The molecule has 2 aromatic carbocycles. The molecule has 150 valence electrons. The number of aliphatic imine (C=N–C) groups is 2. The molecule has 0 bridgehead atoms. The van der Waals surface area contributed by atoms with Crippen LogP contribution in [0.25, 0.3) is 5.70 Å². The molecule has 0 N–H and O–H groups in total. The van der Waals surface area contributed by atoms with Crippen LogP contribution in [0.3, 0.4) is 0 Å². The van der Waals surface area contributed by atoms with Gasteiger partial charge in [-0.2, -0.15) is 0 Å². The highest BCUT2D eigenvalue weighted by atomic mass is 14.9. The first-order chi connectivity index (χ1) is 14.2. The van der Waals surface area contributed by atoms with Crippen LogP contribution in [0.4, 0.5) is 0 Å². The van der Waals surface area contributed by atoms with Gasteiger partial charge < -0.3 is 0 Å². The molecule has 0 spiro atoms. The lowest BCUT2D eigenvalue weighted by Crippen LogP contribution is -1.98. The summed E-state index contributed by atoms with van der Waals surface area (Å²) in [4.78, 5) is 9.02. The number of aryl methyl sites for hydroxylation is 1. The number of benzene rings is 2. The first-order valence-electron chi connectivity index (χ1n) is 10.4. The highest BCUT2D eigenvalue weighted by Crippen LogP contribution is 2.22. The summed E-state index contributed by atoms with van der Waals surface area (Å²) in [6, 6.07) is 18.5. The quantitative estimate of drug-likeness (QED) is 0.375. The first kappa shape index (κ1) is 22.3. The monoisotopic (exact) mass is 384 g/mol. The van der Waals surface area contributed by atoms with Gasteiger partial charge in [-0.1, -0.05) is 105 Å². The van der Waals surface area contributed by atoms with E-state index in [4.69, 9.17) is 4.99 Å². The van der Waals surface area contributed by atoms with Crippen LogP contribution in [0.15, 0.2) is 94.5 Å². The van der Waals surface area contributed by atoms with Crippen LogP contribution in [0.2, 0.25) is 0 Å². The fraction of sp³-hybridized carbons (Fsp3) is 0.259. The van der Waals surface area contributed by atoms with Crippen LogP contribution in [0, 0.1) is 6.92 Å². The smallest absolute Gasteiger partial charge is 0.159 e. The molecular weight excluding hydrogens is 352 g/mol. The average molecular weight is 385 g/mol. The SMILES string of the molecule is C=NC(=N/C(=C\CC1=CCCC=C1)c1ccccc1)c1ccc(C)cc1.CCC. The van der Waals surface area contributed by atoms with Crippen molar-refractivity contribution in [1.82, 2.24) is 0 Å². The van der Waals surface area contributed by atoms with Gasteiger partial charge in [0.05, 0.1) is 5.70 Å². The summed E-state index contributed by atoms with van der Waals surface area (Å²) in [6.45, 7) is 10.0. The molecule has 0 unspecified atom stereocenters. The summed E-state index contributed by atoms with van der Waals surface area (Å²) < 4.78 is 0. The number of allylic oxidation sites excluding steroid dienone is 5. The predicted molar refractivity (Wildman–Crippen MR) is 129 cm³/mol. The highest BCUT2D eigenvalue weighted by Gasteiger charge is 2.06. The van der Waals surface area contributed by atoms with Crippen molar-refractivity contribution in [3.05, 3.63) is 101 Å². The fourth-order valence-corrected chi connectivity index (χ4v) is 2.88. The summed E-state index contributed by atoms with van der Waals surface area (Å²) in [5.74, 6) is 0.647. The van der Waals surface area contributed by atoms with Crippen LogP contribution >= 0.6 is 0 Å². The summed E-state index contributed by atoms with van der Waals surface area (Å²) in [6.07, 6.45) is 13.3. The van der Waals surface area contributed by atoms with Crippen molar-refractivity contribution >= 4 is 18.3 Å². The Hall–Kier alpha value is -3.00. The maximum Gasteiger partial charge on any atom is 0.159 e. The average Bonchev–Trinajstić information content (AvgIpc) is 2.77. The Balaban J connectivity index is 0.000000941. The highest BCUT2D eigenvalue weighted by molar-refractivity contribution is 6.04. The van der Waals surface area contributed by atoms with Gasteiger partial charge in [-0.25, -0.2) is 9.98 Å². The molecule has 0 fully saturated rings. The molecule has 1 aliphatic rings. The van der Waals surface area contributed by atoms with Crippen molar-refractivity contribution in [1.29, 1.82) is 0 Å². The predicted octanol–water partition coefficient (Wildman–Crippen LogP) is 7.57. The number of rotatable bonds is 5. The molecule has 0 amide bonds. The van der Waals surface area contributed by atoms with Gasteiger partial charge in [0.2, 0.25) is 0 Å². The third kappa shape index (κ3) is 7.50. The summed E-state index contributed by atoms with van der Waals surface area (Å²) >= 11 is 0. The molecule has 29 heavy (non-hydrogen) atoms. The maximum atomic E-state index is 4.85. The minimum absolute atomic E-state index is 0.647. The molecule has 0 aromatic heterocycles. The Kier molecular flexibility index (Phi) is 9.57. The second-order valence-corrected chi connectivity index (χ2v) is 7.08. The van der Waals surface area contributed by atoms with E-state index in [0.717, 1.165) is 36.1 Å². The second-order valence-electron chi connectivity index (χ2n) is 7.08. The van der Waals surface area contributed by atoms with E-state index in [9.17, 15) is 0 Å². The van der Waals surface area contributed by atoms with Gasteiger partial charge in [0.1, 0.15) is 0 Å². The van der Waals surface area contributed by atoms with E-state index in [-0.39, 0.29) is 0 Å². The standard InChI is InChI=1S/C24H24N2.C3H8/c1-19-13-16-22(17-14-19)24(25-2)26-23(21-11-7-4-8-12-21)18-15-20-9-5-3-6-10-20;1-3-2/h4-5,7-14,16-18H,2-3,6,15H2,1H3;3H2,1-2H3/b23-18-,26-24?;. The van der Waals surface area contributed by atoms with Gasteiger partial charge in [0.15, 0.2) is 5.84 Å². The maximum absolute atomic E-state index is 4.85. The Bertz CT molecular complexity index is 882. The molecule has 0 radical (unpaired) electrons. The van der Waals surface area contributed by atoms with Crippen molar-refractivity contribution in [2.24, 2.45) is 9.98 Å². The fourth-order valence-electron chi connectivity index (χ4n) is 2.88. The second kappa shape index (κ2) is 12.5. The lowest BCUT2D eigenvalue weighted by Gasteiger charge is -2.08. The third-order valence-corrected chi connectivity index (χ3v) is 4.36. The number of nitrogens with zero attached hydrogens (tertiary/aromatic N) is 2. The van der Waals surface area contributed by atoms with Gasteiger partial charge in [-0.3, -0.25) is 0 Å². The first-order valence-corrected chi connectivity index (χ1v) is 10.4. The molecule has 0 heterocycles. The van der Waals surface area contributed by atoms with Crippen LogP contribution in [-0.2, 0) is 0 Å². The lowest BCUT2D eigenvalue weighted by molar-refractivity contribution is 1.00. The zero-order valence-electron chi connectivity index (χ0n) is 17.9. The Morgan fingerprint density at radius 3 is 2.24 bits per heavy atom. The van der Waals surface area contributed by atoms with Crippen molar-refractivity contribution in [2.45, 2.75) is 46.5 Å². The van der Waals surface area contributed by atoms with E-state index in [1.807, 2.05) is 30.3 Å². The van der Waals surface area contributed by atoms with Gasteiger partial charge in [0.25, 0.3) is 0 Å². The van der Waals surface area contributed by atoms with E-state index in [2.05, 4.69) is 81.1 Å². The normalized spacial score (nSPS) is 14.0. The Morgan fingerprint density at radius 1 is 0.966 bits per heavy atom. The minimum Gasteiger partial charge on any atom is -0.245 e. The minimum atomic E-state index is 0.647. The van der Waals surface area contributed by atoms with Crippen LogP contribution < -0.4 is 0 Å². The van der Waals surface area contributed by atoms with Gasteiger partial charge in [-0.15, -0.1) is 0 Å². The topological polar surface area (TPSA) is 24.7 Å². The molecule has 3 rings (SSSR count). The van der Waals surface area contributed by atoms with E-state index in [1.54, 1.807) is 0 Å². The van der Waals surface area contributed by atoms with Crippen LogP contribution in [0.5, 0.6) is 0 Å². The Morgan fingerprint density at radius 2 is 1.66 bits per heavy atom. The van der Waals surface area contributed by atoms with Crippen molar-refractivity contribution < 1.29 is 0 Å². The number of hydrogen-bond acceptors (Lipinski definition) is 1. The molecule has 0 saturated carbocycles. The summed E-state index contributed by atoms with van der Waals surface area (Å²) in [5.41, 5.74) is 5.54. The van der Waals surface area contributed by atoms with Crippen LogP contribution in [0.1, 0.15) is 56.2 Å². The van der Waals surface area contributed by atoms with Crippen molar-refractivity contribution in [3.8, 4) is 0 Å². The summed E-state index contributed by atoms with van der Waals surface area (Å²) in [5, 5.41) is 0. The molecule has 0 aliphatic heterocycles. The molecule has 0 saturated heterocycles. The van der Waals surface area contributed by atoms with Gasteiger partial charge >= 0.3 is 0 Å². The summed E-state index contributed by atoms with van der Waals surface area (Å²) in [7, 11) is 0. The van der Waals surface area contributed by atoms with E-state index < -0.39 is 0 Å². The molecular formula is C27H32N2. The molecule has 2 nitrogen and oxygen atoms in total. The molecule has 1 aliphatic carbocycles. The molecule has 2 heteroatoms. The molecule has 0 atom stereocenters. The van der Waals surface area contributed by atoms with E-state index >= 15 is 0 Å².